The molecule has 1 heterocycles. The molecule has 0 spiro atoms. The highest BCUT2D eigenvalue weighted by atomic mass is 32.2. The first kappa shape index (κ1) is 23.5. The summed E-state index contributed by atoms with van der Waals surface area (Å²) in [5.74, 6) is -1.85. The first-order chi connectivity index (χ1) is 16.5. The van der Waals surface area contributed by atoms with E-state index in [1.165, 1.54) is 0 Å². The third-order valence-electron chi connectivity index (χ3n) is 5.18. The second kappa shape index (κ2) is 11.0. The Kier molecular flexibility index (Phi) is 7.61. The van der Waals surface area contributed by atoms with E-state index in [9.17, 15) is 19.5 Å². The maximum absolute atomic E-state index is 12.8. The SMILES string of the molecule is O=C(OC[C@H]1SC(O)C(OC(=O)c2ccccc2)[C@H]1OC(=O)c1ccccc1)c1ccccc1. The Morgan fingerprint density at radius 1 is 0.647 bits per heavy atom. The minimum atomic E-state index is -1.18. The molecule has 2 unspecified atom stereocenters. The van der Waals surface area contributed by atoms with Crippen molar-refractivity contribution in [1.82, 2.24) is 0 Å². The van der Waals surface area contributed by atoms with E-state index >= 15 is 0 Å². The predicted octanol–water partition coefficient (Wildman–Crippen LogP) is 3.73. The van der Waals surface area contributed by atoms with Crippen LogP contribution in [0.3, 0.4) is 0 Å². The van der Waals surface area contributed by atoms with Gasteiger partial charge in [-0.05, 0) is 36.4 Å². The van der Waals surface area contributed by atoms with Crippen molar-refractivity contribution >= 4 is 29.7 Å². The molecule has 3 aromatic rings. The van der Waals surface area contributed by atoms with Gasteiger partial charge in [0.05, 0.1) is 21.9 Å². The molecule has 4 atom stereocenters. The van der Waals surface area contributed by atoms with Crippen LogP contribution in [0.15, 0.2) is 91.0 Å². The number of aliphatic hydroxyl groups is 1. The molecule has 7 nitrogen and oxygen atoms in total. The first-order valence-electron chi connectivity index (χ1n) is 10.6. The van der Waals surface area contributed by atoms with Crippen molar-refractivity contribution in [3.63, 3.8) is 0 Å². The van der Waals surface area contributed by atoms with Crippen LogP contribution in [-0.2, 0) is 14.2 Å². The van der Waals surface area contributed by atoms with Crippen molar-refractivity contribution in [2.45, 2.75) is 22.9 Å². The number of rotatable bonds is 7. The van der Waals surface area contributed by atoms with Crippen molar-refractivity contribution < 1.29 is 33.7 Å². The summed E-state index contributed by atoms with van der Waals surface area (Å²) >= 11 is 1.02. The van der Waals surface area contributed by atoms with E-state index in [0.717, 1.165) is 11.8 Å². The van der Waals surface area contributed by atoms with Gasteiger partial charge in [0.25, 0.3) is 0 Å². The minimum Gasteiger partial charge on any atom is -0.461 e. The highest BCUT2D eigenvalue weighted by Crippen LogP contribution is 2.38. The standard InChI is InChI=1S/C26H22O7S/c27-23(17-10-4-1-5-11-17)31-16-20-21(32-24(28)18-12-6-2-7-13-18)22(26(30)34-20)33-25(29)19-14-8-3-9-15-19/h1-15,20-22,26,30H,16H2/t20-,21+,22?,26?/m1/s1. The Balaban J connectivity index is 1.51. The van der Waals surface area contributed by atoms with Crippen molar-refractivity contribution in [3.8, 4) is 0 Å². The summed E-state index contributed by atoms with van der Waals surface area (Å²) in [6.07, 6.45) is -2.19. The largest absolute Gasteiger partial charge is 0.461 e. The third-order valence-corrected chi connectivity index (χ3v) is 6.48. The van der Waals surface area contributed by atoms with Crippen LogP contribution in [0.2, 0.25) is 0 Å². The summed E-state index contributed by atoms with van der Waals surface area (Å²) in [5, 5.41) is 10.00. The van der Waals surface area contributed by atoms with Gasteiger partial charge in [-0.2, -0.15) is 0 Å². The third kappa shape index (κ3) is 5.65. The summed E-state index contributed by atoms with van der Waals surface area (Å²) in [6.45, 7) is -0.151. The number of hydrogen-bond donors (Lipinski definition) is 1. The molecule has 1 saturated heterocycles. The normalized spacial score (nSPS) is 21.4. The zero-order valence-corrected chi connectivity index (χ0v) is 18.8. The number of benzene rings is 3. The molecule has 0 amide bonds. The number of thioether (sulfide) groups is 1. The van der Waals surface area contributed by atoms with Crippen LogP contribution in [-0.4, -0.2) is 52.5 Å². The Bertz CT molecular complexity index is 1120. The molecule has 1 fully saturated rings. The Labute approximate surface area is 200 Å². The molecule has 0 aromatic heterocycles. The number of hydrogen-bond acceptors (Lipinski definition) is 8. The topological polar surface area (TPSA) is 99.1 Å². The van der Waals surface area contributed by atoms with Crippen LogP contribution < -0.4 is 0 Å². The van der Waals surface area contributed by atoms with Gasteiger partial charge >= 0.3 is 17.9 Å². The molecule has 0 aliphatic carbocycles. The van der Waals surface area contributed by atoms with Crippen LogP contribution in [0, 0.1) is 0 Å². The van der Waals surface area contributed by atoms with Gasteiger partial charge in [0.15, 0.2) is 12.2 Å². The highest BCUT2D eigenvalue weighted by molar-refractivity contribution is 8.00. The molecule has 34 heavy (non-hydrogen) atoms. The molecule has 1 aliphatic rings. The Morgan fingerprint density at radius 3 is 1.53 bits per heavy atom. The maximum Gasteiger partial charge on any atom is 0.338 e. The fourth-order valence-corrected chi connectivity index (χ4v) is 4.69. The van der Waals surface area contributed by atoms with Crippen molar-refractivity contribution in [2.75, 3.05) is 6.61 Å². The van der Waals surface area contributed by atoms with Gasteiger partial charge < -0.3 is 19.3 Å². The molecule has 4 rings (SSSR count). The summed E-state index contributed by atoms with van der Waals surface area (Å²) in [7, 11) is 0. The number of aliphatic hydroxyl groups excluding tert-OH is 1. The predicted molar refractivity (Wildman–Crippen MR) is 125 cm³/mol. The van der Waals surface area contributed by atoms with E-state index in [-0.39, 0.29) is 6.61 Å². The average molecular weight is 479 g/mol. The molecule has 1 N–H and O–H groups in total. The fraction of sp³-hybridized carbons (Fsp3) is 0.192. The van der Waals surface area contributed by atoms with Gasteiger partial charge in [0.1, 0.15) is 12.0 Å². The highest BCUT2D eigenvalue weighted by Gasteiger charge is 2.49. The van der Waals surface area contributed by atoms with Crippen molar-refractivity contribution in [2.24, 2.45) is 0 Å². The van der Waals surface area contributed by atoms with Crippen molar-refractivity contribution in [3.05, 3.63) is 108 Å². The fourth-order valence-electron chi connectivity index (χ4n) is 3.46. The molecule has 3 aromatic carbocycles. The van der Waals surface area contributed by atoms with Gasteiger partial charge in [-0.15, -0.1) is 11.8 Å². The van der Waals surface area contributed by atoms with Crippen molar-refractivity contribution in [1.29, 1.82) is 0 Å². The molecular formula is C26H22O7S. The summed E-state index contributed by atoms with van der Waals surface area (Å²) in [5.41, 5.74) is -0.202. The van der Waals surface area contributed by atoms with E-state index in [0.29, 0.717) is 16.7 Å². The average Bonchev–Trinajstić information content (AvgIpc) is 3.17. The van der Waals surface area contributed by atoms with E-state index in [1.54, 1.807) is 91.0 Å². The zero-order valence-electron chi connectivity index (χ0n) is 18.0. The molecular weight excluding hydrogens is 456 g/mol. The maximum atomic E-state index is 12.8. The number of ether oxygens (including phenoxy) is 3. The lowest BCUT2D eigenvalue weighted by Crippen LogP contribution is -2.41. The summed E-state index contributed by atoms with van der Waals surface area (Å²) in [4.78, 5) is 37.8. The smallest absolute Gasteiger partial charge is 0.338 e. The molecule has 0 radical (unpaired) electrons. The van der Waals surface area contributed by atoms with Gasteiger partial charge in [0, 0.05) is 0 Å². The molecule has 174 valence electrons. The monoisotopic (exact) mass is 478 g/mol. The second-order valence-electron chi connectivity index (χ2n) is 7.50. The van der Waals surface area contributed by atoms with Crippen LogP contribution >= 0.6 is 11.8 Å². The van der Waals surface area contributed by atoms with E-state index in [2.05, 4.69) is 0 Å². The van der Waals surface area contributed by atoms with Crippen LogP contribution in [0.5, 0.6) is 0 Å². The molecule has 1 aliphatic heterocycles. The van der Waals surface area contributed by atoms with Crippen LogP contribution in [0.4, 0.5) is 0 Å². The zero-order chi connectivity index (χ0) is 23.9. The van der Waals surface area contributed by atoms with E-state index in [4.69, 9.17) is 14.2 Å². The van der Waals surface area contributed by atoms with E-state index in [1.807, 2.05) is 0 Å². The van der Waals surface area contributed by atoms with Gasteiger partial charge in [0.2, 0.25) is 0 Å². The van der Waals surface area contributed by atoms with Gasteiger partial charge in [-0.1, -0.05) is 54.6 Å². The molecule has 0 saturated carbocycles. The minimum absolute atomic E-state index is 0.151. The lowest BCUT2D eigenvalue weighted by atomic mass is 10.1. The lowest BCUT2D eigenvalue weighted by molar-refractivity contribution is -0.0557. The van der Waals surface area contributed by atoms with Gasteiger partial charge in [-0.3, -0.25) is 0 Å². The number of carbonyl (C=O) groups excluding carboxylic acids is 3. The number of carbonyl (C=O) groups is 3. The van der Waals surface area contributed by atoms with E-state index < -0.39 is 40.8 Å². The second-order valence-corrected chi connectivity index (χ2v) is 8.86. The first-order valence-corrected chi connectivity index (χ1v) is 11.5. The van der Waals surface area contributed by atoms with Crippen LogP contribution in [0.1, 0.15) is 31.1 Å². The Morgan fingerprint density at radius 2 is 1.06 bits per heavy atom. The molecule has 0 bridgehead atoms. The number of esters is 3. The van der Waals surface area contributed by atoms with Gasteiger partial charge in [-0.25, -0.2) is 14.4 Å². The summed E-state index contributed by atoms with van der Waals surface area (Å²) < 4.78 is 16.6. The Hall–Kier alpha value is -3.62. The summed E-state index contributed by atoms with van der Waals surface area (Å²) in [6, 6.07) is 25.1. The quantitative estimate of drug-likeness (QED) is 0.405. The lowest BCUT2D eigenvalue weighted by Gasteiger charge is -2.24. The molecule has 8 heteroatoms. The van der Waals surface area contributed by atoms with Crippen LogP contribution in [0.25, 0.3) is 0 Å².